The second kappa shape index (κ2) is 15.3. The van der Waals surface area contributed by atoms with Gasteiger partial charge in [0.2, 0.25) is 11.8 Å². The highest BCUT2D eigenvalue weighted by Gasteiger charge is 2.77. The molecule has 5 rings (SSSR count). The maximum absolute atomic E-state index is 15.3. The van der Waals surface area contributed by atoms with E-state index in [1.54, 1.807) is 33.7 Å². The second-order valence-corrected chi connectivity index (χ2v) is 14.9. The number of nitrogens with zero attached hydrogens (tertiary/aromatic N) is 4. The number of aliphatic hydroxyl groups excluding tert-OH is 1. The first kappa shape index (κ1) is 35.7. The molecule has 3 fully saturated rings. The molecule has 2 bridgehead atoms. The second-order valence-electron chi connectivity index (χ2n) is 13.3. The van der Waals surface area contributed by atoms with Gasteiger partial charge < -0.3 is 24.7 Å². The lowest BCUT2D eigenvalue weighted by atomic mass is 9.65. The van der Waals surface area contributed by atoms with Crippen LogP contribution in [0.3, 0.4) is 0 Å². The van der Waals surface area contributed by atoms with Crippen molar-refractivity contribution < 1.29 is 19.5 Å². The predicted molar refractivity (Wildman–Crippen MR) is 196 cm³/mol. The Balaban J connectivity index is 1.62. The number of benzene rings is 2. The molecule has 0 saturated carbocycles. The molecule has 2 aromatic carbocycles. The summed E-state index contributed by atoms with van der Waals surface area (Å²) in [7, 11) is 0. The van der Waals surface area contributed by atoms with Crippen molar-refractivity contribution in [2.75, 3.05) is 49.1 Å². The van der Waals surface area contributed by atoms with E-state index in [1.165, 1.54) is 0 Å². The van der Waals surface area contributed by atoms with Gasteiger partial charge in [-0.05, 0) is 68.9 Å². The van der Waals surface area contributed by atoms with Gasteiger partial charge in [0, 0.05) is 49.3 Å². The van der Waals surface area contributed by atoms with Crippen molar-refractivity contribution in [1.82, 2.24) is 9.80 Å². The summed E-state index contributed by atoms with van der Waals surface area (Å²) >= 11 is 1.67. The molecule has 3 aliphatic rings. The largest absolute Gasteiger partial charge is 0.394 e. The van der Waals surface area contributed by atoms with Crippen LogP contribution in [-0.2, 0) is 20.8 Å². The maximum Gasteiger partial charge on any atom is 0.251 e. The third-order valence-electron chi connectivity index (χ3n) is 10.6. The lowest BCUT2D eigenvalue weighted by Crippen LogP contribution is -2.59. The molecule has 3 aliphatic heterocycles. The van der Waals surface area contributed by atoms with Crippen molar-refractivity contribution >= 4 is 40.9 Å². The number of fused-ring (bicyclic) bond motifs is 1. The van der Waals surface area contributed by atoms with Crippen molar-refractivity contribution in [3.8, 4) is 0 Å². The standard InChI is InChI=1S/C39H52N4O4S/c1-7-21-41(22-8-2)36(45)33-32-24-27(6)39(48-32)34(33)37(46)43(31(26-44)25-28-15-13-12-14-16-28)35(39)38(47)42(23-9-3)30-19-17-29(18-20-30)40(10-4)11-5/h7,9,12-20,27,31-35,44H,1,3,8,10-11,21-26H2,2,4-6H3/t27?,31-,32+,33-,34+,35?,39?/m1/s1. The number of likely N-dealkylation sites (tertiary alicyclic amines) is 1. The third-order valence-corrected chi connectivity index (χ3v) is 12.7. The van der Waals surface area contributed by atoms with Gasteiger partial charge in [0.05, 0.1) is 29.2 Å². The summed E-state index contributed by atoms with van der Waals surface area (Å²) in [5.41, 5.74) is 2.77. The van der Waals surface area contributed by atoms with Crippen LogP contribution in [0.2, 0.25) is 0 Å². The minimum atomic E-state index is -0.861. The minimum absolute atomic E-state index is 0.00942. The molecular formula is C39H52N4O4S. The summed E-state index contributed by atoms with van der Waals surface area (Å²) in [6.07, 6.45) is 5.40. The van der Waals surface area contributed by atoms with Crippen molar-refractivity contribution in [3.63, 3.8) is 0 Å². The third kappa shape index (κ3) is 6.20. The van der Waals surface area contributed by atoms with Crippen LogP contribution in [0.5, 0.6) is 0 Å². The summed E-state index contributed by atoms with van der Waals surface area (Å²) in [6, 6.07) is 16.3. The first-order valence-corrected chi connectivity index (χ1v) is 18.4. The number of anilines is 2. The number of rotatable bonds is 16. The van der Waals surface area contributed by atoms with E-state index in [9.17, 15) is 14.7 Å². The molecule has 3 saturated heterocycles. The molecule has 9 heteroatoms. The molecule has 7 atom stereocenters. The summed E-state index contributed by atoms with van der Waals surface area (Å²) in [6.45, 7) is 19.0. The Labute approximate surface area is 290 Å². The average molecular weight is 673 g/mol. The van der Waals surface area contributed by atoms with Gasteiger partial charge in [0.1, 0.15) is 6.04 Å². The molecule has 1 N–H and O–H groups in total. The van der Waals surface area contributed by atoms with E-state index >= 15 is 4.79 Å². The molecule has 48 heavy (non-hydrogen) atoms. The smallest absolute Gasteiger partial charge is 0.251 e. The monoisotopic (exact) mass is 672 g/mol. The SMILES string of the molecule is C=CCN(CCC)C(=O)[C@@H]1[C@@H]2CC(C)C3(S2)C(C(=O)N(CC=C)c2ccc(N(CC)CC)cc2)N([C@@H](CO)Cc2ccccc2)C(=O)[C@H]13. The van der Waals surface area contributed by atoms with Crippen LogP contribution in [-0.4, -0.2) is 94.0 Å². The van der Waals surface area contributed by atoms with Crippen LogP contribution in [0.15, 0.2) is 79.9 Å². The predicted octanol–water partition coefficient (Wildman–Crippen LogP) is 5.42. The maximum atomic E-state index is 15.3. The summed E-state index contributed by atoms with van der Waals surface area (Å²) in [5.74, 6) is -1.63. The Morgan fingerprint density at radius 2 is 1.65 bits per heavy atom. The van der Waals surface area contributed by atoms with Crippen molar-refractivity contribution in [2.45, 2.75) is 69.0 Å². The van der Waals surface area contributed by atoms with Gasteiger partial charge in [-0.1, -0.05) is 56.3 Å². The zero-order chi connectivity index (χ0) is 34.6. The van der Waals surface area contributed by atoms with Gasteiger partial charge in [0.25, 0.3) is 5.91 Å². The zero-order valence-electron chi connectivity index (χ0n) is 29.0. The molecular weight excluding hydrogens is 621 g/mol. The number of amides is 3. The fraction of sp³-hybridized carbons (Fsp3) is 0.513. The normalized spacial score (nSPS) is 26.2. The van der Waals surface area contributed by atoms with E-state index in [0.717, 1.165) is 42.9 Å². The molecule has 1 spiro atoms. The molecule has 8 nitrogen and oxygen atoms in total. The Bertz CT molecular complexity index is 1460. The Morgan fingerprint density at radius 3 is 2.23 bits per heavy atom. The number of thioether (sulfide) groups is 1. The first-order valence-electron chi connectivity index (χ1n) is 17.5. The first-order chi connectivity index (χ1) is 23.2. The van der Waals surface area contributed by atoms with E-state index in [-0.39, 0.29) is 42.0 Å². The van der Waals surface area contributed by atoms with Crippen LogP contribution in [0.25, 0.3) is 0 Å². The highest BCUT2D eigenvalue weighted by molar-refractivity contribution is 8.02. The van der Waals surface area contributed by atoms with E-state index in [4.69, 9.17) is 0 Å². The molecule has 258 valence electrons. The number of aliphatic hydroxyl groups is 1. The number of carbonyl (C=O) groups is 3. The Hall–Kier alpha value is -3.56. The van der Waals surface area contributed by atoms with Gasteiger partial charge in [-0.25, -0.2) is 0 Å². The fourth-order valence-corrected chi connectivity index (χ4v) is 10.9. The van der Waals surface area contributed by atoms with Crippen LogP contribution in [0.4, 0.5) is 11.4 Å². The van der Waals surface area contributed by atoms with Crippen molar-refractivity contribution in [3.05, 3.63) is 85.5 Å². The average Bonchev–Trinajstić information content (AvgIpc) is 3.70. The van der Waals surface area contributed by atoms with E-state index in [2.05, 4.69) is 38.8 Å². The Morgan fingerprint density at radius 1 is 1.00 bits per heavy atom. The highest BCUT2D eigenvalue weighted by Crippen LogP contribution is 2.69. The quantitative estimate of drug-likeness (QED) is 0.240. The van der Waals surface area contributed by atoms with E-state index in [0.29, 0.717) is 19.5 Å². The van der Waals surface area contributed by atoms with Gasteiger partial charge in [-0.3, -0.25) is 14.4 Å². The van der Waals surface area contributed by atoms with Gasteiger partial charge >= 0.3 is 0 Å². The van der Waals surface area contributed by atoms with Crippen LogP contribution < -0.4 is 9.80 Å². The number of carbonyl (C=O) groups excluding carboxylic acids is 3. The molecule has 3 unspecified atom stereocenters. The van der Waals surface area contributed by atoms with Crippen LogP contribution in [0, 0.1) is 17.8 Å². The van der Waals surface area contributed by atoms with Crippen molar-refractivity contribution in [2.24, 2.45) is 17.8 Å². The lowest BCUT2D eigenvalue weighted by molar-refractivity contribution is -0.145. The summed E-state index contributed by atoms with van der Waals surface area (Å²) in [4.78, 5) is 52.1. The molecule has 3 heterocycles. The van der Waals surface area contributed by atoms with Crippen molar-refractivity contribution in [1.29, 1.82) is 0 Å². The molecule has 2 aromatic rings. The zero-order valence-corrected chi connectivity index (χ0v) is 29.8. The van der Waals surface area contributed by atoms with E-state index < -0.39 is 28.7 Å². The van der Waals surface area contributed by atoms with Crippen LogP contribution >= 0.6 is 11.8 Å². The summed E-state index contributed by atoms with van der Waals surface area (Å²) in [5, 5.41) is 10.9. The minimum Gasteiger partial charge on any atom is -0.394 e. The molecule has 0 aromatic heterocycles. The van der Waals surface area contributed by atoms with Gasteiger partial charge in [-0.2, -0.15) is 0 Å². The van der Waals surface area contributed by atoms with E-state index in [1.807, 2.05) is 66.4 Å². The fourth-order valence-electron chi connectivity index (χ4n) is 8.51. The lowest BCUT2D eigenvalue weighted by Gasteiger charge is -2.42. The van der Waals surface area contributed by atoms with Gasteiger partial charge in [0.15, 0.2) is 0 Å². The number of hydrogen-bond acceptors (Lipinski definition) is 6. The Kier molecular flexibility index (Phi) is 11.4. The number of hydrogen-bond donors (Lipinski definition) is 1. The van der Waals surface area contributed by atoms with Gasteiger partial charge in [-0.15, -0.1) is 24.9 Å². The summed E-state index contributed by atoms with van der Waals surface area (Å²) < 4.78 is -0.810. The van der Waals surface area contributed by atoms with Crippen LogP contribution in [0.1, 0.15) is 46.1 Å². The molecule has 0 radical (unpaired) electrons. The topological polar surface area (TPSA) is 84.4 Å². The highest BCUT2D eigenvalue weighted by atomic mass is 32.2. The molecule has 0 aliphatic carbocycles. The molecule has 3 amide bonds.